The van der Waals surface area contributed by atoms with Crippen LogP contribution in [0, 0.1) is 0 Å². The zero-order chi connectivity index (χ0) is 20.3. The average molecular weight is 383 g/mol. The van der Waals surface area contributed by atoms with Crippen LogP contribution in [0.1, 0.15) is 89.9 Å². The predicted octanol–water partition coefficient (Wildman–Crippen LogP) is 5.74. The van der Waals surface area contributed by atoms with Gasteiger partial charge in [0.1, 0.15) is 0 Å². The molecule has 0 amide bonds. The first-order valence-corrected chi connectivity index (χ1v) is 10.3. The van der Waals surface area contributed by atoms with Gasteiger partial charge >= 0.3 is 11.9 Å². The molecule has 0 bridgehead atoms. The molecule has 5 heteroatoms. The van der Waals surface area contributed by atoms with E-state index in [4.69, 9.17) is 14.9 Å². The van der Waals surface area contributed by atoms with Gasteiger partial charge in [0, 0.05) is 12.8 Å². The molecule has 0 saturated heterocycles. The lowest BCUT2D eigenvalue weighted by Crippen LogP contribution is -2.25. The molecule has 2 aliphatic carbocycles. The molecule has 2 fully saturated rings. The van der Waals surface area contributed by atoms with Gasteiger partial charge < -0.3 is 14.9 Å². The topological polar surface area (TPSA) is 83.8 Å². The number of allylic oxidation sites excluding steroid dienone is 2. The summed E-state index contributed by atoms with van der Waals surface area (Å²) in [5.41, 5.74) is 0. The number of carbonyl (C=O) groups is 2. The van der Waals surface area contributed by atoms with Crippen molar-refractivity contribution in [2.45, 2.75) is 102 Å². The Kier molecular flexibility index (Phi) is 16.7. The van der Waals surface area contributed by atoms with Gasteiger partial charge in [-0.1, -0.05) is 63.8 Å². The quantitative estimate of drug-likeness (QED) is 0.413. The molecular formula is C22H38O5. The van der Waals surface area contributed by atoms with Crippen LogP contribution in [-0.4, -0.2) is 34.4 Å². The summed E-state index contributed by atoms with van der Waals surface area (Å²) in [6.07, 6.45) is 19.3. The zero-order valence-electron chi connectivity index (χ0n) is 16.7. The minimum Gasteiger partial charge on any atom is -0.481 e. The minimum absolute atomic E-state index is 0.0628. The van der Waals surface area contributed by atoms with E-state index >= 15 is 0 Å². The molecule has 0 radical (unpaired) electrons. The second kappa shape index (κ2) is 17.8. The van der Waals surface area contributed by atoms with Gasteiger partial charge in [-0.3, -0.25) is 9.59 Å². The molecule has 5 nitrogen and oxygen atoms in total. The highest BCUT2D eigenvalue weighted by atomic mass is 16.5. The highest BCUT2D eigenvalue weighted by Crippen LogP contribution is 2.26. The maximum absolute atomic E-state index is 9.90. The Morgan fingerprint density at radius 2 is 1.07 bits per heavy atom. The van der Waals surface area contributed by atoms with E-state index in [2.05, 4.69) is 13.2 Å². The summed E-state index contributed by atoms with van der Waals surface area (Å²) in [4.78, 5) is 19.8. The maximum Gasteiger partial charge on any atom is 0.303 e. The first-order valence-electron chi connectivity index (χ1n) is 10.3. The Bertz CT molecular complexity index is 369. The molecule has 0 heterocycles. The first kappa shape index (κ1) is 25.4. The van der Waals surface area contributed by atoms with E-state index in [9.17, 15) is 9.59 Å². The maximum atomic E-state index is 9.90. The number of unbranched alkanes of at least 4 members (excludes halogenated alkanes) is 1. The van der Waals surface area contributed by atoms with E-state index < -0.39 is 11.9 Å². The van der Waals surface area contributed by atoms with Gasteiger partial charge in [0.15, 0.2) is 0 Å². The van der Waals surface area contributed by atoms with Crippen LogP contribution in [0.4, 0.5) is 0 Å². The van der Waals surface area contributed by atoms with Crippen LogP contribution in [0.2, 0.25) is 0 Å². The SMILES string of the molecule is C1CCC(OC2CCCCC2)CC1.C=CC=C.O=C(O)CCCCC(=O)O. The fraction of sp³-hybridized carbons (Fsp3) is 0.727. The summed E-state index contributed by atoms with van der Waals surface area (Å²) < 4.78 is 6.13. The third-order valence-electron chi connectivity index (χ3n) is 4.69. The number of carboxylic acids is 2. The second-order valence-electron chi connectivity index (χ2n) is 7.12. The van der Waals surface area contributed by atoms with Crippen molar-refractivity contribution >= 4 is 11.9 Å². The molecule has 0 atom stereocenters. The molecule has 0 aromatic carbocycles. The Hall–Kier alpha value is -1.62. The van der Waals surface area contributed by atoms with Crippen molar-refractivity contribution in [3.8, 4) is 0 Å². The van der Waals surface area contributed by atoms with E-state index in [0.717, 1.165) is 0 Å². The monoisotopic (exact) mass is 382 g/mol. The molecule has 2 N–H and O–H groups in total. The van der Waals surface area contributed by atoms with Crippen LogP contribution in [0.15, 0.2) is 25.3 Å². The third kappa shape index (κ3) is 17.5. The van der Waals surface area contributed by atoms with Gasteiger partial charge in [0.05, 0.1) is 12.2 Å². The van der Waals surface area contributed by atoms with Crippen molar-refractivity contribution in [1.29, 1.82) is 0 Å². The largest absolute Gasteiger partial charge is 0.481 e. The van der Waals surface area contributed by atoms with E-state index in [1.807, 2.05) is 0 Å². The molecule has 2 saturated carbocycles. The highest BCUT2D eigenvalue weighted by Gasteiger charge is 2.20. The molecule has 27 heavy (non-hydrogen) atoms. The predicted molar refractivity (Wildman–Crippen MR) is 109 cm³/mol. The van der Waals surface area contributed by atoms with Crippen molar-refractivity contribution < 1.29 is 24.5 Å². The van der Waals surface area contributed by atoms with E-state index in [1.165, 1.54) is 64.2 Å². The molecule has 0 aromatic rings. The number of aliphatic carboxylic acids is 2. The number of carboxylic acid groups (broad SMARTS) is 2. The fourth-order valence-electron chi connectivity index (χ4n) is 3.23. The average Bonchev–Trinajstić information content (AvgIpc) is 2.67. The van der Waals surface area contributed by atoms with E-state index in [1.54, 1.807) is 12.2 Å². The van der Waals surface area contributed by atoms with E-state index in [0.29, 0.717) is 25.0 Å². The molecule has 0 unspecified atom stereocenters. The van der Waals surface area contributed by atoms with Crippen molar-refractivity contribution in [3.05, 3.63) is 25.3 Å². The summed E-state index contributed by atoms with van der Waals surface area (Å²) in [7, 11) is 0. The van der Waals surface area contributed by atoms with Crippen molar-refractivity contribution in [2.75, 3.05) is 0 Å². The Balaban J connectivity index is 0.000000432. The summed E-state index contributed by atoms with van der Waals surface area (Å²) >= 11 is 0. The van der Waals surface area contributed by atoms with Gasteiger partial charge in [0.2, 0.25) is 0 Å². The lowest BCUT2D eigenvalue weighted by Gasteiger charge is -2.29. The molecule has 0 aliphatic heterocycles. The highest BCUT2D eigenvalue weighted by molar-refractivity contribution is 5.67. The lowest BCUT2D eigenvalue weighted by molar-refractivity contribution is -0.139. The molecule has 156 valence electrons. The van der Waals surface area contributed by atoms with Gasteiger partial charge in [-0.25, -0.2) is 0 Å². The first-order chi connectivity index (χ1) is 13.0. The standard InChI is InChI=1S/C12H22O.C6H10O4.C4H6/c1-3-7-11(8-4-1)13-12-9-5-2-6-10-12;7-5(8)3-1-2-4-6(9)10;1-3-4-2/h11-12H,1-10H2;1-4H2,(H,7,8)(H,9,10);3-4H,1-2H2. The molecule has 0 spiro atoms. The van der Waals surface area contributed by atoms with Gasteiger partial charge in [-0.05, 0) is 38.5 Å². The van der Waals surface area contributed by atoms with Crippen LogP contribution < -0.4 is 0 Å². The number of hydrogen-bond acceptors (Lipinski definition) is 3. The van der Waals surface area contributed by atoms with Crippen LogP contribution >= 0.6 is 0 Å². The summed E-state index contributed by atoms with van der Waals surface area (Å²) in [5.74, 6) is -1.74. The Labute approximate surface area is 164 Å². The third-order valence-corrected chi connectivity index (χ3v) is 4.69. The normalized spacial score (nSPS) is 17.5. The minimum atomic E-state index is -0.870. The summed E-state index contributed by atoms with van der Waals surface area (Å²) in [6.45, 7) is 6.72. The molecule has 2 rings (SSSR count). The number of hydrogen-bond donors (Lipinski definition) is 2. The van der Waals surface area contributed by atoms with Crippen molar-refractivity contribution in [2.24, 2.45) is 0 Å². The molecular weight excluding hydrogens is 344 g/mol. The number of rotatable bonds is 8. The zero-order valence-corrected chi connectivity index (χ0v) is 16.7. The van der Waals surface area contributed by atoms with Gasteiger partial charge in [-0.15, -0.1) is 0 Å². The molecule has 0 aromatic heterocycles. The van der Waals surface area contributed by atoms with Gasteiger partial charge in [0.25, 0.3) is 0 Å². The van der Waals surface area contributed by atoms with E-state index in [-0.39, 0.29) is 12.8 Å². The van der Waals surface area contributed by atoms with Crippen molar-refractivity contribution in [3.63, 3.8) is 0 Å². The fourth-order valence-corrected chi connectivity index (χ4v) is 3.23. The van der Waals surface area contributed by atoms with Crippen LogP contribution in [0.3, 0.4) is 0 Å². The smallest absolute Gasteiger partial charge is 0.303 e. The Morgan fingerprint density at radius 3 is 1.33 bits per heavy atom. The Morgan fingerprint density at radius 1 is 0.741 bits per heavy atom. The number of ether oxygens (including phenoxy) is 1. The summed E-state index contributed by atoms with van der Waals surface area (Å²) in [5, 5.41) is 16.3. The van der Waals surface area contributed by atoms with Gasteiger partial charge in [-0.2, -0.15) is 0 Å². The van der Waals surface area contributed by atoms with Crippen LogP contribution in [0.5, 0.6) is 0 Å². The van der Waals surface area contributed by atoms with Crippen LogP contribution in [0.25, 0.3) is 0 Å². The van der Waals surface area contributed by atoms with Crippen molar-refractivity contribution in [1.82, 2.24) is 0 Å². The van der Waals surface area contributed by atoms with Crippen LogP contribution in [-0.2, 0) is 14.3 Å². The molecule has 2 aliphatic rings. The summed E-state index contributed by atoms with van der Waals surface area (Å²) in [6, 6.07) is 0. The second-order valence-corrected chi connectivity index (χ2v) is 7.12. The lowest BCUT2D eigenvalue weighted by atomic mass is 9.95.